The lowest BCUT2D eigenvalue weighted by Crippen LogP contribution is -2.21. The lowest BCUT2D eigenvalue weighted by Gasteiger charge is -2.20. The molecule has 3 heteroatoms. The molecule has 0 bridgehead atoms. The maximum atomic E-state index is 8.94. The van der Waals surface area contributed by atoms with E-state index in [-0.39, 0.29) is 13.2 Å². The van der Waals surface area contributed by atoms with E-state index in [0.717, 1.165) is 16.8 Å². The Balaban J connectivity index is 2.88. The molecule has 14 heavy (non-hydrogen) atoms. The number of likely N-dealkylation sites (N-methyl/N-ethyl adjacent to an activating group) is 1. The Morgan fingerprint density at radius 3 is 2.50 bits per heavy atom. The van der Waals surface area contributed by atoms with Gasteiger partial charge in [0.15, 0.2) is 0 Å². The van der Waals surface area contributed by atoms with Crippen LogP contribution in [0.25, 0.3) is 0 Å². The quantitative estimate of drug-likeness (QED) is 0.750. The molecule has 3 nitrogen and oxygen atoms in total. The number of nitrogens with zero attached hydrogens (tertiary/aromatic N) is 1. The van der Waals surface area contributed by atoms with E-state index in [1.54, 1.807) is 0 Å². The maximum Gasteiger partial charge on any atom is 0.0681 e. The summed E-state index contributed by atoms with van der Waals surface area (Å²) >= 11 is 0. The first-order valence-corrected chi connectivity index (χ1v) is 4.71. The van der Waals surface area contributed by atoms with Gasteiger partial charge in [-0.3, -0.25) is 0 Å². The lowest BCUT2D eigenvalue weighted by molar-refractivity contribution is 0.281. The highest BCUT2D eigenvalue weighted by molar-refractivity contribution is 5.53. The lowest BCUT2D eigenvalue weighted by atomic mass is 10.1. The Kier molecular flexibility index (Phi) is 3.92. The van der Waals surface area contributed by atoms with Crippen LogP contribution >= 0.6 is 0 Å². The number of aliphatic hydroxyl groups excluding tert-OH is 2. The molecule has 1 aromatic carbocycles. The fourth-order valence-electron chi connectivity index (χ4n) is 1.51. The van der Waals surface area contributed by atoms with Crippen LogP contribution in [0, 0.1) is 6.92 Å². The highest BCUT2D eigenvalue weighted by Gasteiger charge is 2.04. The standard InChI is InChI=1S/C11H17NO2/c1-9-7-10(8-14)3-4-11(9)12(2)5-6-13/h3-4,7,13-14H,5-6,8H2,1-2H3. The van der Waals surface area contributed by atoms with E-state index in [1.807, 2.05) is 37.1 Å². The van der Waals surface area contributed by atoms with Gasteiger partial charge >= 0.3 is 0 Å². The zero-order chi connectivity index (χ0) is 10.6. The molecule has 78 valence electrons. The molecule has 2 N–H and O–H groups in total. The second kappa shape index (κ2) is 4.98. The molecule has 0 radical (unpaired) electrons. The van der Waals surface area contributed by atoms with Crippen molar-refractivity contribution in [2.75, 3.05) is 25.1 Å². The molecule has 0 aliphatic heterocycles. The van der Waals surface area contributed by atoms with Crippen molar-refractivity contribution in [2.45, 2.75) is 13.5 Å². The molecule has 0 fully saturated rings. The fraction of sp³-hybridized carbons (Fsp3) is 0.455. The molecule has 0 amide bonds. The monoisotopic (exact) mass is 195 g/mol. The van der Waals surface area contributed by atoms with Gasteiger partial charge < -0.3 is 15.1 Å². The van der Waals surface area contributed by atoms with E-state index >= 15 is 0 Å². The predicted octanol–water partition coefficient (Wildman–Crippen LogP) is 0.916. The van der Waals surface area contributed by atoms with Crippen molar-refractivity contribution < 1.29 is 10.2 Å². The number of aliphatic hydroxyl groups is 2. The van der Waals surface area contributed by atoms with Gasteiger partial charge in [-0.25, -0.2) is 0 Å². The summed E-state index contributed by atoms with van der Waals surface area (Å²) < 4.78 is 0. The van der Waals surface area contributed by atoms with Gasteiger partial charge in [0, 0.05) is 19.3 Å². The highest BCUT2D eigenvalue weighted by atomic mass is 16.3. The highest BCUT2D eigenvalue weighted by Crippen LogP contribution is 2.19. The zero-order valence-electron chi connectivity index (χ0n) is 8.70. The van der Waals surface area contributed by atoms with E-state index in [2.05, 4.69) is 0 Å². The van der Waals surface area contributed by atoms with Crippen LogP contribution in [0.3, 0.4) is 0 Å². The average Bonchev–Trinajstić information content (AvgIpc) is 2.17. The van der Waals surface area contributed by atoms with Crippen LogP contribution in [-0.2, 0) is 6.61 Å². The largest absolute Gasteiger partial charge is 0.395 e. The minimum absolute atomic E-state index is 0.0742. The van der Waals surface area contributed by atoms with Crippen LogP contribution in [-0.4, -0.2) is 30.4 Å². The van der Waals surface area contributed by atoms with Crippen molar-refractivity contribution in [1.29, 1.82) is 0 Å². The Morgan fingerprint density at radius 1 is 1.29 bits per heavy atom. The first-order valence-electron chi connectivity index (χ1n) is 4.71. The Morgan fingerprint density at radius 2 is 2.00 bits per heavy atom. The molecule has 0 aliphatic carbocycles. The van der Waals surface area contributed by atoms with Gasteiger partial charge in [-0.1, -0.05) is 12.1 Å². The molecular formula is C11H17NO2. The van der Waals surface area contributed by atoms with Crippen molar-refractivity contribution in [3.63, 3.8) is 0 Å². The summed E-state index contributed by atoms with van der Waals surface area (Å²) in [4.78, 5) is 2.00. The molecule has 0 spiro atoms. The zero-order valence-corrected chi connectivity index (χ0v) is 8.70. The van der Waals surface area contributed by atoms with Crippen molar-refractivity contribution in [3.8, 4) is 0 Å². The first kappa shape index (κ1) is 11.0. The first-order chi connectivity index (χ1) is 6.69. The van der Waals surface area contributed by atoms with Gasteiger partial charge in [-0.2, -0.15) is 0 Å². The summed E-state index contributed by atoms with van der Waals surface area (Å²) in [6, 6.07) is 5.83. The summed E-state index contributed by atoms with van der Waals surface area (Å²) in [6.45, 7) is 2.85. The van der Waals surface area contributed by atoms with E-state index in [1.165, 1.54) is 0 Å². The minimum atomic E-state index is 0.0742. The number of benzene rings is 1. The summed E-state index contributed by atoms with van der Waals surface area (Å²) in [5, 5.41) is 17.7. The van der Waals surface area contributed by atoms with Crippen molar-refractivity contribution in [2.24, 2.45) is 0 Å². The summed E-state index contributed by atoms with van der Waals surface area (Å²) in [7, 11) is 1.94. The van der Waals surface area contributed by atoms with Gasteiger partial charge in [-0.05, 0) is 24.1 Å². The minimum Gasteiger partial charge on any atom is -0.395 e. The van der Waals surface area contributed by atoms with Gasteiger partial charge in [0.2, 0.25) is 0 Å². The third kappa shape index (κ3) is 2.47. The number of rotatable bonds is 4. The van der Waals surface area contributed by atoms with Crippen molar-refractivity contribution in [3.05, 3.63) is 29.3 Å². The summed E-state index contributed by atoms with van der Waals surface area (Å²) in [5.41, 5.74) is 3.13. The topological polar surface area (TPSA) is 43.7 Å². The molecule has 0 aliphatic rings. The van der Waals surface area contributed by atoms with Crippen LogP contribution in [0.5, 0.6) is 0 Å². The van der Waals surface area contributed by atoms with Crippen LogP contribution in [0.2, 0.25) is 0 Å². The van der Waals surface area contributed by atoms with Gasteiger partial charge in [0.25, 0.3) is 0 Å². The molecule has 0 saturated carbocycles. The van der Waals surface area contributed by atoms with Crippen LogP contribution < -0.4 is 4.90 Å². The van der Waals surface area contributed by atoms with Crippen molar-refractivity contribution in [1.82, 2.24) is 0 Å². The second-order valence-electron chi connectivity index (χ2n) is 3.42. The summed E-state index contributed by atoms with van der Waals surface area (Å²) in [6.07, 6.45) is 0. The Labute approximate surface area is 84.6 Å². The molecule has 0 aromatic heterocycles. The number of aryl methyl sites for hydroxylation is 1. The van der Waals surface area contributed by atoms with E-state index in [0.29, 0.717) is 6.54 Å². The Hall–Kier alpha value is -1.06. The molecule has 1 aromatic rings. The summed E-state index contributed by atoms with van der Waals surface area (Å²) in [5.74, 6) is 0. The maximum absolute atomic E-state index is 8.94. The molecule has 0 heterocycles. The third-order valence-electron chi connectivity index (χ3n) is 2.29. The fourth-order valence-corrected chi connectivity index (χ4v) is 1.51. The van der Waals surface area contributed by atoms with E-state index < -0.39 is 0 Å². The normalized spacial score (nSPS) is 10.3. The molecule has 0 unspecified atom stereocenters. The van der Waals surface area contributed by atoms with Gasteiger partial charge in [0.1, 0.15) is 0 Å². The van der Waals surface area contributed by atoms with Crippen LogP contribution in [0.1, 0.15) is 11.1 Å². The van der Waals surface area contributed by atoms with Crippen molar-refractivity contribution >= 4 is 5.69 Å². The Bertz CT molecular complexity index is 299. The second-order valence-corrected chi connectivity index (χ2v) is 3.42. The van der Waals surface area contributed by atoms with E-state index in [9.17, 15) is 0 Å². The van der Waals surface area contributed by atoms with Gasteiger partial charge in [-0.15, -0.1) is 0 Å². The average molecular weight is 195 g/mol. The molecular weight excluding hydrogens is 178 g/mol. The molecule has 1 rings (SSSR count). The molecule has 0 atom stereocenters. The number of anilines is 1. The third-order valence-corrected chi connectivity index (χ3v) is 2.29. The smallest absolute Gasteiger partial charge is 0.0681 e. The van der Waals surface area contributed by atoms with Crippen LogP contribution in [0.4, 0.5) is 5.69 Å². The number of hydrogen-bond acceptors (Lipinski definition) is 3. The SMILES string of the molecule is Cc1cc(CO)ccc1N(C)CCO. The van der Waals surface area contributed by atoms with E-state index in [4.69, 9.17) is 10.2 Å². The predicted molar refractivity (Wildman–Crippen MR) is 57.5 cm³/mol. The van der Waals surface area contributed by atoms with Crippen LogP contribution in [0.15, 0.2) is 18.2 Å². The van der Waals surface area contributed by atoms with Gasteiger partial charge in [0.05, 0.1) is 13.2 Å². The number of hydrogen-bond donors (Lipinski definition) is 2. The molecule has 0 saturated heterocycles.